The summed E-state index contributed by atoms with van der Waals surface area (Å²) in [6, 6.07) is 7.45. The number of benzene rings is 1. The number of ether oxygens (including phenoxy) is 2. The number of hydrogen-bond donors (Lipinski definition) is 2. The first-order valence-electron chi connectivity index (χ1n) is 10.3. The second-order valence-corrected chi connectivity index (χ2v) is 7.81. The van der Waals surface area contributed by atoms with Gasteiger partial charge in [-0.1, -0.05) is 0 Å². The van der Waals surface area contributed by atoms with Crippen molar-refractivity contribution < 1.29 is 14.3 Å². The molecule has 1 aliphatic rings. The Morgan fingerprint density at radius 3 is 2.37 bits per heavy atom. The highest BCUT2D eigenvalue weighted by molar-refractivity contribution is 5.95. The van der Waals surface area contributed by atoms with E-state index in [1.165, 1.54) is 0 Å². The predicted octanol–water partition coefficient (Wildman–Crippen LogP) is 2.96. The summed E-state index contributed by atoms with van der Waals surface area (Å²) in [6.45, 7) is 0.664. The molecule has 8 nitrogen and oxygen atoms in total. The summed E-state index contributed by atoms with van der Waals surface area (Å²) in [7, 11) is 7.08. The van der Waals surface area contributed by atoms with E-state index in [1.807, 2.05) is 25.1 Å². The fourth-order valence-electron chi connectivity index (χ4n) is 3.64. The van der Waals surface area contributed by atoms with Crippen molar-refractivity contribution in [2.24, 2.45) is 5.92 Å². The van der Waals surface area contributed by atoms with Crippen LogP contribution < -0.4 is 25.0 Å². The van der Waals surface area contributed by atoms with Gasteiger partial charge in [-0.15, -0.1) is 0 Å². The molecule has 30 heavy (non-hydrogen) atoms. The van der Waals surface area contributed by atoms with Crippen molar-refractivity contribution >= 4 is 17.7 Å². The minimum Gasteiger partial charge on any atom is -0.497 e. The second-order valence-electron chi connectivity index (χ2n) is 7.81. The van der Waals surface area contributed by atoms with Crippen LogP contribution in [0, 0.1) is 5.92 Å². The van der Waals surface area contributed by atoms with Crippen LogP contribution in [0.4, 0.5) is 11.8 Å². The number of anilines is 2. The highest BCUT2D eigenvalue weighted by Crippen LogP contribution is 2.26. The number of hydrogen-bond acceptors (Lipinski definition) is 7. The lowest BCUT2D eigenvalue weighted by atomic mass is 9.86. The number of carbonyl (C=O) groups excluding carboxylic acids is 1. The van der Waals surface area contributed by atoms with Gasteiger partial charge in [-0.25, -0.2) is 4.98 Å². The van der Waals surface area contributed by atoms with E-state index >= 15 is 0 Å². The third-order valence-electron chi connectivity index (χ3n) is 5.44. The van der Waals surface area contributed by atoms with Crippen molar-refractivity contribution in [3.63, 3.8) is 0 Å². The highest BCUT2D eigenvalue weighted by Gasteiger charge is 2.22. The third-order valence-corrected chi connectivity index (χ3v) is 5.44. The number of rotatable bonds is 8. The minimum atomic E-state index is -0.110. The molecule has 0 atom stereocenters. The molecule has 3 rings (SSSR count). The van der Waals surface area contributed by atoms with Gasteiger partial charge in [0.25, 0.3) is 5.91 Å². The van der Waals surface area contributed by atoms with E-state index in [0.29, 0.717) is 41.5 Å². The molecular formula is C22H31N5O3. The van der Waals surface area contributed by atoms with Gasteiger partial charge in [0.15, 0.2) is 0 Å². The highest BCUT2D eigenvalue weighted by atomic mass is 16.5. The largest absolute Gasteiger partial charge is 0.497 e. The Bertz CT molecular complexity index is 828. The van der Waals surface area contributed by atoms with E-state index in [0.717, 1.165) is 31.5 Å². The fourth-order valence-corrected chi connectivity index (χ4v) is 3.64. The molecule has 1 saturated carbocycles. The molecule has 0 unspecified atom stereocenters. The smallest absolute Gasteiger partial charge is 0.251 e. The van der Waals surface area contributed by atoms with E-state index < -0.39 is 0 Å². The molecule has 1 amide bonds. The predicted molar refractivity (Wildman–Crippen MR) is 118 cm³/mol. The summed E-state index contributed by atoms with van der Waals surface area (Å²) < 4.78 is 10.5. The topological polar surface area (TPSA) is 88.6 Å². The van der Waals surface area contributed by atoms with Crippen LogP contribution >= 0.6 is 0 Å². The van der Waals surface area contributed by atoms with E-state index in [2.05, 4.69) is 20.6 Å². The molecule has 0 bridgehead atoms. The number of nitrogens with zero attached hydrogens (tertiary/aromatic N) is 3. The first-order valence-corrected chi connectivity index (χ1v) is 10.3. The monoisotopic (exact) mass is 413 g/mol. The van der Waals surface area contributed by atoms with Crippen molar-refractivity contribution in [2.75, 3.05) is 45.1 Å². The quantitative estimate of drug-likeness (QED) is 0.688. The lowest BCUT2D eigenvalue weighted by molar-refractivity contribution is 0.0942. The third kappa shape index (κ3) is 5.75. The molecule has 0 spiro atoms. The molecule has 1 aromatic heterocycles. The van der Waals surface area contributed by atoms with Gasteiger partial charge in [0, 0.05) is 44.5 Å². The summed E-state index contributed by atoms with van der Waals surface area (Å²) in [5.74, 6) is 3.12. The fraction of sp³-hybridized carbons (Fsp3) is 0.500. The molecule has 2 aromatic rings. The van der Waals surface area contributed by atoms with E-state index in [1.54, 1.807) is 38.6 Å². The normalized spacial score (nSPS) is 18.4. The van der Waals surface area contributed by atoms with Crippen LogP contribution in [-0.2, 0) is 0 Å². The molecule has 1 heterocycles. The van der Waals surface area contributed by atoms with Crippen LogP contribution in [0.15, 0.2) is 30.5 Å². The van der Waals surface area contributed by atoms with Crippen molar-refractivity contribution in [2.45, 2.75) is 31.7 Å². The minimum absolute atomic E-state index is 0.110. The van der Waals surface area contributed by atoms with Gasteiger partial charge >= 0.3 is 0 Å². The Balaban J connectivity index is 1.47. The van der Waals surface area contributed by atoms with Crippen molar-refractivity contribution in [1.29, 1.82) is 0 Å². The van der Waals surface area contributed by atoms with Crippen LogP contribution in [0.5, 0.6) is 11.5 Å². The molecule has 8 heteroatoms. The summed E-state index contributed by atoms with van der Waals surface area (Å²) in [4.78, 5) is 23.4. The molecule has 1 aliphatic carbocycles. The van der Waals surface area contributed by atoms with Gasteiger partial charge in [0.2, 0.25) is 5.95 Å². The summed E-state index contributed by atoms with van der Waals surface area (Å²) in [6.07, 6.45) is 5.94. The SMILES string of the molecule is COc1cc(OC)cc(C(=O)NCC2CCC(Nc3nccc(N(C)C)n3)CC2)c1. The van der Waals surface area contributed by atoms with Crippen LogP contribution in [0.2, 0.25) is 0 Å². The van der Waals surface area contributed by atoms with Gasteiger partial charge in [0.05, 0.1) is 14.2 Å². The van der Waals surface area contributed by atoms with Gasteiger partial charge in [-0.05, 0) is 49.8 Å². The van der Waals surface area contributed by atoms with E-state index in [-0.39, 0.29) is 5.91 Å². The summed E-state index contributed by atoms with van der Waals surface area (Å²) in [5.41, 5.74) is 0.541. The number of methoxy groups -OCH3 is 2. The van der Waals surface area contributed by atoms with E-state index in [9.17, 15) is 4.79 Å². The molecule has 1 aromatic carbocycles. The van der Waals surface area contributed by atoms with Crippen LogP contribution in [0.1, 0.15) is 36.0 Å². The van der Waals surface area contributed by atoms with Crippen LogP contribution in [-0.4, -0.2) is 56.8 Å². The molecule has 0 aliphatic heterocycles. The number of aromatic nitrogens is 2. The zero-order valence-electron chi connectivity index (χ0n) is 18.1. The lowest BCUT2D eigenvalue weighted by Gasteiger charge is -2.29. The zero-order chi connectivity index (χ0) is 21.5. The molecule has 0 radical (unpaired) electrons. The summed E-state index contributed by atoms with van der Waals surface area (Å²) in [5, 5.41) is 6.50. The van der Waals surface area contributed by atoms with E-state index in [4.69, 9.17) is 9.47 Å². The molecule has 0 saturated heterocycles. The summed E-state index contributed by atoms with van der Waals surface area (Å²) >= 11 is 0. The zero-order valence-corrected chi connectivity index (χ0v) is 18.1. The maximum atomic E-state index is 12.6. The first kappa shape index (κ1) is 21.7. The average Bonchev–Trinajstić information content (AvgIpc) is 2.78. The number of amides is 1. The standard InChI is InChI=1S/C22H31N5O3/c1-27(2)20-9-10-23-22(26-20)25-17-7-5-15(6-8-17)14-24-21(28)16-11-18(29-3)13-19(12-16)30-4/h9-13,15,17H,5-8,14H2,1-4H3,(H,24,28)(H,23,25,26). The average molecular weight is 414 g/mol. The first-order chi connectivity index (χ1) is 14.5. The van der Waals surface area contributed by atoms with Crippen molar-refractivity contribution in [1.82, 2.24) is 15.3 Å². The van der Waals surface area contributed by atoms with Crippen LogP contribution in [0.25, 0.3) is 0 Å². The van der Waals surface area contributed by atoms with Gasteiger partial charge in [-0.3, -0.25) is 4.79 Å². The Kier molecular flexibility index (Phi) is 7.32. The lowest BCUT2D eigenvalue weighted by Crippen LogP contribution is -2.34. The Morgan fingerprint density at radius 1 is 1.10 bits per heavy atom. The molecule has 1 fully saturated rings. The van der Waals surface area contributed by atoms with Gasteiger partial charge < -0.3 is 25.0 Å². The second kappa shape index (κ2) is 10.1. The van der Waals surface area contributed by atoms with Gasteiger partial charge in [-0.2, -0.15) is 4.98 Å². The number of nitrogens with one attached hydrogen (secondary N) is 2. The molecule has 2 N–H and O–H groups in total. The maximum absolute atomic E-state index is 12.6. The Morgan fingerprint density at radius 2 is 1.77 bits per heavy atom. The van der Waals surface area contributed by atoms with Crippen molar-refractivity contribution in [3.05, 3.63) is 36.0 Å². The Labute approximate surface area is 178 Å². The van der Waals surface area contributed by atoms with Crippen molar-refractivity contribution in [3.8, 4) is 11.5 Å². The molecule has 162 valence electrons. The van der Waals surface area contributed by atoms with Gasteiger partial charge in [0.1, 0.15) is 17.3 Å². The number of carbonyl (C=O) groups is 1. The molecular weight excluding hydrogens is 382 g/mol. The van der Waals surface area contributed by atoms with Crippen LogP contribution in [0.3, 0.4) is 0 Å². The Hall–Kier alpha value is -3.03. The maximum Gasteiger partial charge on any atom is 0.251 e.